The molecule has 1 aliphatic heterocycles. The lowest BCUT2D eigenvalue weighted by atomic mass is 10.0. The summed E-state index contributed by atoms with van der Waals surface area (Å²) in [5.74, 6) is -0.112. The van der Waals surface area contributed by atoms with Crippen molar-refractivity contribution in [2.75, 3.05) is 13.7 Å². The maximum Gasteiger partial charge on any atom is 0.323 e. The molecular formula is C13H18N2O2. The quantitative estimate of drug-likeness (QED) is 0.745. The monoisotopic (exact) mass is 234 g/mol. The van der Waals surface area contributed by atoms with Crippen LogP contribution in [-0.4, -0.2) is 35.5 Å². The second-order valence-electron chi connectivity index (χ2n) is 4.36. The minimum absolute atomic E-state index is 0.0816. The van der Waals surface area contributed by atoms with Crippen molar-refractivity contribution in [1.82, 2.24) is 9.88 Å². The molecular weight excluding hydrogens is 216 g/mol. The molecule has 2 heterocycles. The molecule has 1 fully saturated rings. The average molecular weight is 234 g/mol. The molecule has 92 valence electrons. The molecule has 1 aromatic rings. The molecule has 4 nitrogen and oxygen atoms in total. The summed E-state index contributed by atoms with van der Waals surface area (Å²) in [5.41, 5.74) is 1.19. The van der Waals surface area contributed by atoms with Gasteiger partial charge in [-0.05, 0) is 37.1 Å². The van der Waals surface area contributed by atoms with Crippen molar-refractivity contribution in [1.29, 1.82) is 0 Å². The van der Waals surface area contributed by atoms with Gasteiger partial charge < -0.3 is 4.74 Å². The van der Waals surface area contributed by atoms with Gasteiger partial charge in [-0.2, -0.15) is 0 Å². The van der Waals surface area contributed by atoms with E-state index < -0.39 is 0 Å². The summed E-state index contributed by atoms with van der Waals surface area (Å²) in [6.07, 6.45) is 6.72. The Labute approximate surface area is 102 Å². The number of pyridine rings is 1. The van der Waals surface area contributed by atoms with E-state index in [2.05, 4.69) is 9.88 Å². The minimum atomic E-state index is -0.112. The topological polar surface area (TPSA) is 42.4 Å². The maximum atomic E-state index is 11.7. The molecule has 0 radical (unpaired) electrons. The third kappa shape index (κ3) is 3.03. The predicted octanol–water partition coefficient (Wildman–Crippen LogP) is 1.61. The first-order chi connectivity index (χ1) is 8.31. The van der Waals surface area contributed by atoms with Gasteiger partial charge in [0.2, 0.25) is 0 Å². The van der Waals surface area contributed by atoms with Crippen molar-refractivity contribution in [3.8, 4) is 0 Å². The molecule has 4 heteroatoms. The Bertz CT molecular complexity index is 367. The van der Waals surface area contributed by atoms with Gasteiger partial charge in [-0.15, -0.1) is 0 Å². The van der Waals surface area contributed by atoms with Gasteiger partial charge in [0.15, 0.2) is 0 Å². The highest BCUT2D eigenvalue weighted by molar-refractivity contribution is 5.75. The van der Waals surface area contributed by atoms with Crippen LogP contribution in [0.4, 0.5) is 0 Å². The van der Waals surface area contributed by atoms with Crippen LogP contribution < -0.4 is 0 Å². The van der Waals surface area contributed by atoms with Crippen molar-refractivity contribution in [2.24, 2.45) is 0 Å². The van der Waals surface area contributed by atoms with E-state index in [-0.39, 0.29) is 12.0 Å². The highest BCUT2D eigenvalue weighted by Crippen LogP contribution is 2.20. The van der Waals surface area contributed by atoms with Crippen LogP contribution >= 0.6 is 0 Å². The third-order valence-electron chi connectivity index (χ3n) is 3.22. The molecule has 2 rings (SSSR count). The Hall–Kier alpha value is -1.42. The standard InChI is InChI=1S/C13H18N2O2/c1-17-13(16)12-4-2-3-9-15(12)10-11-5-7-14-8-6-11/h5-8,12H,2-4,9-10H2,1H3/t12-/m1/s1. The van der Waals surface area contributed by atoms with Crippen LogP contribution in [0.3, 0.4) is 0 Å². The van der Waals surface area contributed by atoms with Gasteiger partial charge in [0.05, 0.1) is 7.11 Å². The summed E-state index contributed by atoms with van der Waals surface area (Å²) in [5, 5.41) is 0. The normalized spacial score (nSPS) is 21.1. The highest BCUT2D eigenvalue weighted by atomic mass is 16.5. The van der Waals surface area contributed by atoms with E-state index in [0.29, 0.717) is 0 Å². The lowest BCUT2D eigenvalue weighted by Crippen LogP contribution is -2.44. The first kappa shape index (κ1) is 12.0. The van der Waals surface area contributed by atoms with E-state index >= 15 is 0 Å². The van der Waals surface area contributed by atoms with E-state index in [1.807, 2.05) is 12.1 Å². The van der Waals surface area contributed by atoms with Gasteiger partial charge in [-0.1, -0.05) is 6.42 Å². The second kappa shape index (κ2) is 5.77. The lowest BCUT2D eigenvalue weighted by molar-refractivity contribution is -0.148. The van der Waals surface area contributed by atoms with Crippen molar-refractivity contribution in [2.45, 2.75) is 31.8 Å². The molecule has 0 amide bonds. The summed E-state index contributed by atoms with van der Waals surface area (Å²) >= 11 is 0. The van der Waals surface area contributed by atoms with Crippen LogP contribution in [0.1, 0.15) is 24.8 Å². The Balaban J connectivity index is 2.04. The van der Waals surface area contributed by atoms with Gasteiger partial charge in [-0.25, -0.2) is 0 Å². The molecule has 1 aromatic heterocycles. The van der Waals surface area contributed by atoms with Gasteiger partial charge in [0, 0.05) is 18.9 Å². The number of hydrogen-bond donors (Lipinski definition) is 0. The van der Waals surface area contributed by atoms with Crippen molar-refractivity contribution < 1.29 is 9.53 Å². The van der Waals surface area contributed by atoms with E-state index in [1.165, 1.54) is 12.7 Å². The fraction of sp³-hybridized carbons (Fsp3) is 0.538. The highest BCUT2D eigenvalue weighted by Gasteiger charge is 2.29. The Morgan fingerprint density at radius 3 is 2.94 bits per heavy atom. The van der Waals surface area contributed by atoms with Gasteiger partial charge >= 0.3 is 5.97 Å². The van der Waals surface area contributed by atoms with Gasteiger partial charge in [0.25, 0.3) is 0 Å². The Morgan fingerprint density at radius 2 is 2.24 bits per heavy atom. The number of methoxy groups -OCH3 is 1. The van der Waals surface area contributed by atoms with E-state index in [4.69, 9.17) is 4.74 Å². The predicted molar refractivity (Wildman–Crippen MR) is 64.3 cm³/mol. The number of esters is 1. The number of likely N-dealkylation sites (tertiary alicyclic amines) is 1. The number of ether oxygens (including phenoxy) is 1. The molecule has 1 saturated heterocycles. The van der Waals surface area contributed by atoms with Gasteiger partial charge in [-0.3, -0.25) is 14.7 Å². The average Bonchev–Trinajstić information content (AvgIpc) is 2.40. The molecule has 0 unspecified atom stereocenters. The summed E-state index contributed by atoms with van der Waals surface area (Å²) in [7, 11) is 1.46. The van der Waals surface area contributed by atoms with Gasteiger partial charge in [0.1, 0.15) is 6.04 Å². The van der Waals surface area contributed by atoms with E-state index in [9.17, 15) is 4.79 Å². The first-order valence-electron chi connectivity index (χ1n) is 6.02. The van der Waals surface area contributed by atoms with Crippen LogP contribution in [-0.2, 0) is 16.1 Å². The van der Waals surface area contributed by atoms with E-state index in [1.54, 1.807) is 12.4 Å². The van der Waals surface area contributed by atoms with Crippen LogP contribution in [0.5, 0.6) is 0 Å². The Morgan fingerprint density at radius 1 is 1.47 bits per heavy atom. The zero-order valence-corrected chi connectivity index (χ0v) is 10.1. The summed E-state index contributed by atoms with van der Waals surface area (Å²) < 4.78 is 4.86. The van der Waals surface area contributed by atoms with Crippen LogP contribution in [0, 0.1) is 0 Å². The number of piperidine rings is 1. The number of carbonyl (C=O) groups is 1. The summed E-state index contributed by atoms with van der Waals surface area (Å²) in [4.78, 5) is 17.9. The molecule has 0 spiro atoms. The molecule has 17 heavy (non-hydrogen) atoms. The van der Waals surface area contributed by atoms with Crippen LogP contribution in [0.2, 0.25) is 0 Å². The lowest BCUT2D eigenvalue weighted by Gasteiger charge is -2.33. The zero-order valence-electron chi connectivity index (χ0n) is 10.1. The maximum absolute atomic E-state index is 11.7. The minimum Gasteiger partial charge on any atom is -0.468 e. The number of aromatic nitrogens is 1. The van der Waals surface area contributed by atoms with Crippen LogP contribution in [0.25, 0.3) is 0 Å². The molecule has 0 aromatic carbocycles. The third-order valence-corrected chi connectivity index (χ3v) is 3.22. The molecule has 0 N–H and O–H groups in total. The van der Waals surface area contributed by atoms with Crippen LogP contribution in [0.15, 0.2) is 24.5 Å². The molecule has 1 aliphatic rings. The fourth-order valence-electron chi connectivity index (χ4n) is 2.31. The summed E-state index contributed by atoms with van der Waals surface area (Å²) in [6.45, 7) is 1.75. The second-order valence-corrected chi connectivity index (χ2v) is 4.36. The molecule has 0 bridgehead atoms. The first-order valence-corrected chi connectivity index (χ1v) is 6.02. The summed E-state index contributed by atoms with van der Waals surface area (Å²) in [6, 6.07) is 3.90. The number of nitrogens with zero attached hydrogens (tertiary/aromatic N) is 2. The smallest absolute Gasteiger partial charge is 0.323 e. The van der Waals surface area contributed by atoms with E-state index in [0.717, 1.165) is 32.4 Å². The number of rotatable bonds is 3. The fourth-order valence-corrected chi connectivity index (χ4v) is 2.31. The number of hydrogen-bond acceptors (Lipinski definition) is 4. The molecule has 1 atom stereocenters. The van der Waals surface area contributed by atoms with Crippen molar-refractivity contribution in [3.05, 3.63) is 30.1 Å². The zero-order chi connectivity index (χ0) is 12.1. The van der Waals surface area contributed by atoms with Crippen molar-refractivity contribution >= 4 is 5.97 Å². The van der Waals surface area contributed by atoms with Crippen molar-refractivity contribution in [3.63, 3.8) is 0 Å². The molecule has 0 saturated carbocycles. The molecule has 0 aliphatic carbocycles. The largest absolute Gasteiger partial charge is 0.468 e. The SMILES string of the molecule is COC(=O)[C@H]1CCCCN1Cc1ccncc1. The number of carbonyl (C=O) groups excluding carboxylic acids is 1. The Kier molecular flexibility index (Phi) is 4.09.